The van der Waals surface area contributed by atoms with E-state index >= 15 is 0 Å². The summed E-state index contributed by atoms with van der Waals surface area (Å²) < 4.78 is 0. The van der Waals surface area contributed by atoms with Crippen LogP contribution in [0.2, 0.25) is 0 Å². The number of nitrogens with two attached hydrogens (primary N) is 1. The summed E-state index contributed by atoms with van der Waals surface area (Å²) in [6, 6.07) is 5.65. The number of hydrogen-bond acceptors (Lipinski definition) is 2. The molecule has 14 heavy (non-hydrogen) atoms. The summed E-state index contributed by atoms with van der Waals surface area (Å²) in [6.07, 6.45) is 2.87. The van der Waals surface area contributed by atoms with Crippen molar-refractivity contribution in [3.63, 3.8) is 0 Å². The lowest BCUT2D eigenvalue weighted by atomic mass is 9.95. The highest BCUT2D eigenvalue weighted by Crippen LogP contribution is 2.27. The molecule has 3 N–H and O–H groups in total. The molecule has 2 nitrogen and oxygen atoms in total. The molecule has 0 bridgehead atoms. The van der Waals surface area contributed by atoms with Gasteiger partial charge in [0.05, 0.1) is 0 Å². The zero-order chi connectivity index (χ0) is 10.6. The van der Waals surface area contributed by atoms with Crippen molar-refractivity contribution >= 4 is 0 Å². The predicted octanol–water partition coefficient (Wildman–Crippen LogP) is 2.75. The second kappa shape index (κ2) is 5.01. The number of rotatable bonds is 4. The molecular formula is C12H19NO. The molecule has 0 radical (unpaired) electrons. The van der Waals surface area contributed by atoms with Crippen molar-refractivity contribution in [3.05, 3.63) is 29.3 Å². The maximum atomic E-state index is 9.65. The SMILES string of the molecule is CCCC(N)c1cccc(O)c1CC. The summed E-state index contributed by atoms with van der Waals surface area (Å²) in [5.41, 5.74) is 8.13. The molecule has 0 fully saturated rings. The van der Waals surface area contributed by atoms with Gasteiger partial charge in [0, 0.05) is 6.04 Å². The zero-order valence-corrected chi connectivity index (χ0v) is 8.96. The summed E-state index contributed by atoms with van der Waals surface area (Å²) in [7, 11) is 0. The van der Waals surface area contributed by atoms with Gasteiger partial charge in [0.2, 0.25) is 0 Å². The van der Waals surface area contributed by atoms with E-state index < -0.39 is 0 Å². The van der Waals surface area contributed by atoms with Gasteiger partial charge >= 0.3 is 0 Å². The Hall–Kier alpha value is -1.02. The summed E-state index contributed by atoms with van der Waals surface area (Å²) in [4.78, 5) is 0. The van der Waals surface area contributed by atoms with Gasteiger partial charge in [-0.25, -0.2) is 0 Å². The van der Waals surface area contributed by atoms with E-state index in [1.807, 2.05) is 19.1 Å². The third kappa shape index (κ3) is 2.26. The largest absolute Gasteiger partial charge is 0.508 e. The fourth-order valence-corrected chi connectivity index (χ4v) is 1.79. The van der Waals surface area contributed by atoms with Gasteiger partial charge in [-0.1, -0.05) is 32.4 Å². The molecule has 2 heteroatoms. The summed E-state index contributed by atoms with van der Waals surface area (Å²) in [6.45, 7) is 4.16. The minimum absolute atomic E-state index is 0.0575. The number of aromatic hydroxyl groups is 1. The van der Waals surface area contributed by atoms with Crippen LogP contribution in [0.4, 0.5) is 0 Å². The van der Waals surface area contributed by atoms with E-state index in [4.69, 9.17) is 5.73 Å². The Balaban J connectivity index is 3.00. The summed E-state index contributed by atoms with van der Waals surface area (Å²) >= 11 is 0. The predicted molar refractivity (Wildman–Crippen MR) is 59.3 cm³/mol. The zero-order valence-electron chi connectivity index (χ0n) is 8.96. The van der Waals surface area contributed by atoms with Gasteiger partial charge in [-0.3, -0.25) is 0 Å². The highest BCUT2D eigenvalue weighted by molar-refractivity contribution is 5.40. The molecule has 1 unspecified atom stereocenters. The molecule has 0 aliphatic heterocycles. The molecule has 0 spiro atoms. The average molecular weight is 193 g/mol. The molecular weight excluding hydrogens is 174 g/mol. The van der Waals surface area contributed by atoms with Crippen LogP contribution >= 0.6 is 0 Å². The van der Waals surface area contributed by atoms with E-state index in [1.165, 1.54) is 0 Å². The quantitative estimate of drug-likeness (QED) is 0.772. The van der Waals surface area contributed by atoms with Crippen molar-refractivity contribution in [2.24, 2.45) is 5.73 Å². The fourth-order valence-electron chi connectivity index (χ4n) is 1.79. The van der Waals surface area contributed by atoms with Gasteiger partial charge in [0.25, 0.3) is 0 Å². The fraction of sp³-hybridized carbons (Fsp3) is 0.500. The molecule has 0 saturated heterocycles. The van der Waals surface area contributed by atoms with Crippen LogP contribution in [0.1, 0.15) is 43.9 Å². The number of phenols is 1. The van der Waals surface area contributed by atoms with Crippen LogP contribution in [0.5, 0.6) is 5.75 Å². The van der Waals surface area contributed by atoms with Crippen molar-refractivity contribution in [1.82, 2.24) is 0 Å². The lowest BCUT2D eigenvalue weighted by molar-refractivity contribution is 0.465. The van der Waals surface area contributed by atoms with Gasteiger partial charge in [-0.05, 0) is 30.0 Å². The van der Waals surface area contributed by atoms with Gasteiger partial charge in [0.15, 0.2) is 0 Å². The second-order valence-electron chi connectivity index (χ2n) is 3.59. The van der Waals surface area contributed by atoms with E-state index in [2.05, 4.69) is 6.92 Å². The normalized spacial score (nSPS) is 12.8. The van der Waals surface area contributed by atoms with Crippen LogP contribution in [-0.2, 0) is 6.42 Å². The number of benzene rings is 1. The first kappa shape index (κ1) is 11.1. The van der Waals surface area contributed by atoms with Crippen molar-refractivity contribution < 1.29 is 5.11 Å². The van der Waals surface area contributed by atoms with E-state index in [-0.39, 0.29) is 6.04 Å². The van der Waals surface area contributed by atoms with Gasteiger partial charge in [0.1, 0.15) is 5.75 Å². The Bertz CT molecular complexity index is 296. The first-order chi connectivity index (χ1) is 6.70. The van der Waals surface area contributed by atoms with Crippen molar-refractivity contribution in [3.8, 4) is 5.75 Å². The molecule has 0 saturated carbocycles. The Morgan fingerprint density at radius 3 is 2.64 bits per heavy atom. The van der Waals surface area contributed by atoms with Crippen LogP contribution in [-0.4, -0.2) is 5.11 Å². The van der Waals surface area contributed by atoms with Crippen LogP contribution in [0.15, 0.2) is 18.2 Å². The second-order valence-corrected chi connectivity index (χ2v) is 3.59. The van der Waals surface area contributed by atoms with Crippen LogP contribution in [0, 0.1) is 0 Å². The Labute approximate surface area is 85.8 Å². The maximum absolute atomic E-state index is 9.65. The molecule has 1 aromatic rings. The monoisotopic (exact) mass is 193 g/mol. The van der Waals surface area contributed by atoms with Crippen LogP contribution < -0.4 is 5.73 Å². The van der Waals surface area contributed by atoms with E-state index in [0.717, 1.165) is 30.4 Å². The lowest BCUT2D eigenvalue weighted by Gasteiger charge is -2.15. The van der Waals surface area contributed by atoms with E-state index in [0.29, 0.717) is 5.75 Å². The molecule has 1 aromatic carbocycles. The van der Waals surface area contributed by atoms with E-state index in [1.54, 1.807) is 6.07 Å². The minimum atomic E-state index is 0.0575. The molecule has 0 aromatic heterocycles. The number of phenolic OH excluding ortho intramolecular Hbond substituents is 1. The van der Waals surface area contributed by atoms with Gasteiger partial charge < -0.3 is 10.8 Å². The Kier molecular flexibility index (Phi) is 3.96. The third-order valence-corrected chi connectivity index (χ3v) is 2.54. The van der Waals surface area contributed by atoms with Gasteiger partial charge in [-0.2, -0.15) is 0 Å². The van der Waals surface area contributed by atoms with Gasteiger partial charge in [-0.15, -0.1) is 0 Å². The average Bonchev–Trinajstić information content (AvgIpc) is 2.17. The topological polar surface area (TPSA) is 46.2 Å². The molecule has 0 aliphatic carbocycles. The summed E-state index contributed by atoms with van der Waals surface area (Å²) in [5, 5.41) is 9.65. The van der Waals surface area contributed by atoms with Crippen LogP contribution in [0.3, 0.4) is 0 Å². The minimum Gasteiger partial charge on any atom is -0.508 e. The molecule has 1 atom stereocenters. The molecule has 0 aliphatic rings. The first-order valence-electron chi connectivity index (χ1n) is 5.27. The Morgan fingerprint density at radius 2 is 2.07 bits per heavy atom. The summed E-state index contributed by atoms with van der Waals surface area (Å²) in [5.74, 6) is 0.372. The lowest BCUT2D eigenvalue weighted by Crippen LogP contribution is -2.12. The highest BCUT2D eigenvalue weighted by atomic mass is 16.3. The van der Waals surface area contributed by atoms with Crippen molar-refractivity contribution in [1.29, 1.82) is 0 Å². The smallest absolute Gasteiger partial charge is 0.119 e. The van der Waals surface area contributed by atoms with Crippen molar-refractivity contribution in [2.45, 2.75) is 39.2 Å². The standard InChI is InChI=1S/C12H19NO/c1-3-6-11(13)10-7-5-8-12(14)9(10)4-2/h5,7-8,11,14H,3-4,6,13H2,1-2H3. The van der Waals surface area contributed by atoms with E-state index in [9.17, 15) is 5.11 Å². The van der Waals surface area contributed by atoms with Crippen molar-refractivity contribution in [2.75, 3.05) is 0 Å². The highest BCUT2D eigenvalue weighted by Gasteiger charge is 2.11. The van der Waals surface area contributed by atoms with Crippen LogP contribution in [0.25, 0.3) is 0 Å². The third-order valence-electron chi connectivity index (χ3n) is 2.54. The maximum Gasteiger partial charge on any atom is 0.119 e. The molecule has 1 rings (SSSR count). The molecule has 78 valence electrons. The molecule has 0 heterocycles. The first-order valence-corrected chi connectivity index (χ1v) is 5.27. The molecule has 0 amide bonds. The Morgan fingerprint density at radius 1 is 1.36 bits per heavy atom. The number of hydrogen-bond donors (Lipinski definition) is 2.